The zero-order chi connectivity index (χ0) is 17.2. The maximum atomic E-state index is 13.9. The number of amides is 2. The van der Waals surface area contributed by atoms with E-state index in [1.807, 2.05) is 0 Å². The van der Waals surface area contributed by atoms with Crippen molar-refractivity contribution in [1.82, 2.24) is 10.2 Å². The number of carboxylic acid groups (broad SMARTS) is 1. The van der Waals surface area contributed by atoms with Crippen LogP contribution in [0.15, 0.2) is 18.2 Å². The van der Waals surface area contributed by atoms with Crippen LogP contribution in [0.25, 0.3) is 0 Å². The van der Waals surface area contributed by atoms with E-state index in [-0.39, 0.29) is 13.1 Å². The summed E-state index contributed by atoms with van der Waals surface area (Å²) in [5, 5.41) is 11.6. The highest BCUT2D eigenvalue weighted by molar-refractivity contribution is 5.75. The molecule has 23 heavy (non-hydrogen) atoms. The summed E-state index contributed by atoms with van der Waals surface area (Å²) < 4.78 is 26.9. The molecule has 5 nitrogen and oxygen atoms in total. The molecular formula is C16H20F2N2O3. The molecule has 2 amide bonds. The molecule has 1 aliphatic rings. The van der Waals surface area contributed by atoms with E-state index in [4.69, 9.17) is 5.11 Å². The lowest BCUT2D eigenvalue weighted by molar-refractivity contribution is -0.141. The van der Waals surface area contributed by atoms with Gasteiger partial charge in [-0.25, -0.2) is 13.6 Å². The fourth-order valence-corrected chi connectivity index (χ4v) is 2.56. The van der Waals surface area contributed by atoms with Crippen molar-refractivity contribution in [2.45, 2.75) is 25.2 Å². The summed E-state index contributed by atoms with van der Waals surface area (Å²) in [6.45, 7) is 1.83. The SMILES string of the molecule is CC(CN(C)C(=O)NCC1(c2ccc(F)cc2F)CC1)C(=O)O. The Kier molecular flexibility index (Phi) is 4.87. The van der Waals surface area contributed by atoms with E-state index < -0.39 is 35.0 Å². The van der Waals surface area contributed by atoms with Gasteiger partial charge >= 0.3 is 12.0 Å². The third kappa shape index (κ3) is 3.97. The molecule has 1 aliphatic carbocycles. The van der Waals surface area contributed by atoms with Crippen LogP contribution < -0.4 is 5.32 Å². The van der Waals surface area contributed by atoms with Gasteiger partial charge in [-0.3, -0.25) is 4.79 Å². The molecule has 2 N–H and O–H groups in total. The largest absolute Gasteiger partial charge is 0.481 e. The molecule has 1 unspecified atom stereocenters. The van der Waals surface area contributed by atoms with E-state index in [2.05, 4.69) is 5.32 Å². The monoisotopic (exact) mass is 326 g/mol. The van der Waals surface area contributed by atoms with Gasteiger partial charge < -0.3 is 15.3 Å². The van der Waals surface area contributed by atoms with Gasteiger partial charge in [0.25, 0.3) is 0 Å². The second-order valence-corrected chi connectivity index (χ2v) is 6.18. The van der Waals surface area contributed by atoms with Crippen LogP contribution >= 0.6 is 0 Å². The minimum Gasteiger partial charge on any atom is -0.481 e. The molecule has 7 heteroatoms. The fourth-order valence-electron chi connectivity index (χ4n) is 2.56. The number of carbonyl (C=O) groups excluding carboxylic acids is 1. The summed E-state index contributed by atoms with van der Waals surface area (Å²) in [4.78, 5) is 24.1. The molecule has 0 aromatic heterocycles. The van der Waals surface area contributed by atoms with Gasteiger partial charge in [0.1, 0.15) is 11.6 Å². The molecule has 0 spiro atoms. The molecule has 0 saturated heterocycles. The highest BCUT2D eigenvalue weighted by Gasteiger charge is 2.46. The van der Waals surface area contributed by atoms with Gasteiger partial charge in [-0.2, -0.15) is 0 Å². The molecule has 0 radical (unpaired) electrons. The number of aliphatic carboxylic acids is 1. The Balaban J connectivity index is 1.94. The Morgan fingerprint density at radius 3 is 2.57 bits per heavy atom. The van der Waals surface area contributed by atoms with Gasteiger partial charge in [-0.05, 0) is 24.5 Å². The van der Waals surface area contributed by atoms with E-state index in [1.165, 1.54) is 31.0 Å². The minimum absolute atomic E-state index is 0.0824. The maximum absolute atomic E-state index is 13.9. The van der Waals surface area contributed by atoms with E-state index in [9.17, 15) is 18.4 Å². The lowest BCUT2D eigenvalue weighted by Crippen LogP contribution is -2.43. The first-order chi connectivity index (χ1) is 10.7. The van der Waals surface area contributed by atoms with Crippen LogP contribution in [0.2, 0.25) is 0 Å². The van der Waals surface area contributed by atoms with E-state index in [0.717, 1.165) is 6.07 Å². The summed E-state index contributed by atoms with van der Waals surface area (Å²) in [6.07, 6.45) is 1.43. The highest BCUT2D eigenvalue weighted by atomic mass is 19.1. The van der Waals surface area contributed by atoms with Crippen LogP contribution in [0, 0.1) is 17.6 Å². The number of hydrogen-bond donors (Lipinski definition) is 2. The molecular weight excluding hydrogens is 306 g/mol. The van der Waals surface area contributed by atoms with Crippen molar-refractivity contribution in [3.8, 4) is 0 Å². The van der Waals surface area contributed by atoms with Crippen molar-refractivity contribution in [3.05, 3.63) is 35.4 Å². The van der Waals surface area contributed by atoms with Crippen LogP contribution in [-0.4, -0.2) is 42.1 Å². The van der Waals surface area contributed by atoms with Gasteiger partial charge in [0, 0.05) is 31.6 Å². The van der Waals surface area contributed by atoms with Crippen molar-refractivity contribution < 1.29 is 23.5 Å². The van der Waals surface area contributed by atoms with Gasteiger partial charge in [0.15, 0.2) is 0 Å². The molecule has 1 aromatic rings. The third-order valence-corrected chi connectivity index (χ3v) is 4.25. The van der Waals surface area contributed by atoms with Crippen molar-refractivity contribution in [2.24, 2.45) is 5.92 Å². The highest BCUT2D eigenvalue weighted by Crippen LogP contribution is 2.48. The molecule has 1 aromatic carbocycles. The molecule has 1 saturated carbocycles. The number of carbonyl (C=O) groups is 2. The number of nitrogens with zero attached hydrogens (tertiary/aromatic N) is 1. The molecule has 0 bridgehead atoms. The van der Waals surface area contributed by atoms with Crippen LogP contribution in [0.1, 0.15) is 25.3 Å². The van der Waals surface area contributed by atoms with E-state index >= 15 is 0 Å². The van der Waals surface area contributed by atoms with Crippen LogP contribution in [0.3, 0.4) is 0 Å². The number of benzene rings is 1. The number of hydrogen-bond acceptors (Lipinski definition) is 2. The lowest BCUT2D eigenvalue weighted by atomic mass is 9.95. The minimum atomic E-state index is -0.975. The average Bonchev–Trinajstić information content (AvgIpc) is 3.25. The average molecular weight is 326 g/mol. The van der Waals surface area contributed by atoms with Gasteiger partial charge in [-0.15, -0.1) is 0 Å². The Labute approximate surface area is 133 Å². The number of carboxylic acids is 1. The van der Waals surface area contributed by atoms with Crippen LogP contribution in [0.4, 0.5) is 13.6 Å². The summed E-state index contributed by atoms with van der Waals surface area (Å²) >= 11 is 0. The van der Waals surface area contributed by atoms with Crippen molar-refractivity contribution in [2.75, 3.05) is 20.1 Å². The molecule has 0 aliphatic heterocycles. The van der Waals surface area contributed by atoms with Crippen molar-refractivity contribution >= 4 is 12.0 Å². The summed E-state index contributed by atoms with van der Waals surface area (Å²) in [5.74, 6) is -2.88. The number of urea groups is 1. The first kappa shape index (κ1) is 17.2. The second kappa shape index (κ2) is 6.52. The van der Waals surface area contributed by atoms with Crippen LogP contribution in [-0.2, 0) is 10.2 Å². The molecule has 1 atom stereocenters. The maximum Gasteiger partial charge on any atom is 0.317 e. The summed E-state index contributed by atoms with van der Waals surface area (Å²) in [7, 11) is 1.51. The summed E-state index contributed by atoms with van der Waals surface area (Å²) in [5.41, 5.74) is -0.0899. The standard InChI is InChI=1S/C16H20F2N2O3/c1-10(14(21)22)8-20(2)15(23)19-9-16(5-6-16)12-4-3-11(17)7-13(12)18/h3-4,7,10H,5-6,8-9H2,1-2H3,(H,19,23)(H,21,22). The number of rotatable bonds is 6. The predicted molar refractivity (Wildman–Crippen MR) is 80.1 cm³/mol. The zero-order valence-corrected chi connectivity index (χ0v) is 13.1. The van der Waals surface area contributed by atoms with E-state index in [0.29, 0.717) is 18.4 Å². The summed E-state index contributed by atoms with van der Waals surface area (Å²) in [6, 6.07) is 3.06. The lowest BCUT2D eigenvalue weighted by Gasteiger charge is -2.23. The zero-order valence-electron chi connectivity index (χ0n) is 13.1. The van der Waals surface area contributed by atoms with Gasteiger partial charge in [0.2, 0.25) is 0 Å². The topological polar surface area (TPSA) is 69.6 Å². The Morgan fingerprint density at radius 1 is 1.39 bits per heavy atom. The Bertz CT molecular complexity index is 617. The Hall–Kier alpha value is -2.18. The predicted octanol–water partition coefficient (Wildman–Crippen LogP) is 2.36. The quantitative estimate of drug-likeness (QED) is 0.843. The van der Waals surface area contributed by atoms with Gasteiger partial charge in [0.05, 0.1) is 5.92 Å². The first-order valence-electron chi connectivity index (χ1n) is 7.42. The normalized spacial score (nSPS) is 16.5. The first-order valence-corrected chi connectivity index (χ1v) is 7.42. The fraction of sp³-hybridized carbons (Fsp3) is 0.500. The van der Waals surface area contributed by atoms with E-state index in [1.54, 1.807) is 0 Å². The molecule has 0 heterocycles. The van der Waals surface area contributed by atoms with Gasteiger partial charge in [-0.1, -0.05) is 13.0 Å². The molecule has 2 rings (SSSR count). The smallest absolute Gasteiger partial charge is 0.317 e. The second-order valence-electron chi connectivity index (χ2n) is 6.18. The Morgan fingerprint density at radius 2 is 2.04 bits per heavy atom. The third-order valence-electron chi connectivity index (χ3n) is 4.25. The number of nitrogens with one attached hydrogen (secondary N) is 1. The molecule has 1 fully saturated rings. The van der Waals surface area contributed by atoms with Crippen molar-refractivity contribution in [3.63, 3.8) is 0 Å². The molecule has 126 valence electrons. The van der Waals surface area contributed by atoms with Crippen molar-refractivity contribution in [1.29, 1.82) is 0 Å². The van der Waals surface area contributed by atoms with Crippen LogP contribution in [0.5, 0.6) is 0 Å². The number of halogens is 2.